The summed E-state index contributed by atoms with van der Waals surface area (Å²) in [5.41, 5.74) is 1.56. The second kappa shape index (κ2) is 7.06. The lowest BCUT2D eigenvalue weighted by atomic mass is 10.2. The van der Waals surface area contributed by atoms with Crippen LogP contribution in [0.4, 0.5) is 0 Å². The molecule has 0 saturated carbocycles. The summed E-state index contributed by atoms with van der Waals surface area (Å²) in [6, 6.07) is 7.40. The summed E-state index contributed by atoms with van der Waals surface area (Å²) in [5.74, 6) is 0.389. The van der Waals surface area contributed by atoms with Gasteiger partial charge in [-0.3, -0.25) is 9.69 Å². The van der Waals surface area contributed by atoms with E-state index in [-0.39, 0.29) is 12.0 Å². The zero-order valence-electron chi connectivity index (χ0n) is 13.7. The Kier molecular flexibility index (Phi) is 4.86. The molecule has 2 heterocycles. The molecule has 0 spiro atoms. The van der Waals surface area contributed by atoms with Gasteiger partial charge >= 0.3 is 0 Å². The average molecular weight is 345 g/mol. The van der Waals surface area contributed by atoms with Crippen molar-refractivity contribution in [1.29, 1.82) is 0 Å². The van der Waals surface area contributed by atoms with Crippen LogP contribution in [0.3, 0.4) is 0 Å². The van der Waals surface area contributed by atoms with E-state index in [0.29, 0.717) is 28.6 Å². The van der Waals surface area contributed by atoms with Crippen molar-refractivity contribution in [2.75, 3.05) is 13.1 Å². The van der Waals surface area contributed by atoms with Crippen LogP contribution in [0.1, 0.15) is 25.4 Å². The van der Waals surface area contributed by atoms with Crippen LogP contribution < -0.4 is 5.56 Å². The highest BCUT2D eigenvalue weighted by Gasteiger charge is 2.12. The number of para-hydroxylation sites is 2. The zero-order chi connectivity index (χ0) is 17.1. The number of nitrogens with zero attached hydrogens (tertiary/aromatic N) is 4. The first-order chi connectivity index (χ1) is 11.6. The van der Waals surface area contributed by atoms with Crippen LogP contribution in [0.2, 0.25) is 0 Å². The molecular weight excluding hydrogens is 326 g/mol. The van der Waals surface area contributed by atoms with Crippen molar-refractivity contribution in [1.82, 2.24) is 24.6 Å². The van der Waals surface area contributed by atoms with E-state index in [1.807, 2.05) is 24.3 Å². The highest BCUT2D eigenvalue weighted by atomic mass is 32.1. The van der Waals surface area contributed by atoms with Crippen LogP contribution in [-0.2, 0) is 13.1 Å². The number of hydrogen-bond donors (Lipinski definition) is 1. The Morgan fingerprint density at radius 3 is 2.79 bits per heavy atom. The first-order valence-corrected chi connectivity index (χ1v) is 8.28. The lowest BCUT2D eigenvalue weighted by Crippen LogP contribution is -2.26. The van der Waals surface area contributed by atoms with Crippen molar-refractivity contribution in [2.24, 2.45) is 0 Å². The van der Waals surface area contributed by atoms with E-state index in [2.05, 4.69) is 33.8 Å². The topological polar surface area (TPSA) is 80.0 Å². The van der Waals surface area contributed by atoms with Gasteiger partial charge in [0.05, 0.1) is 24.1 Å². The number of rotatable bonds is 6. The number of H-pyrrole nitrogens is 1. The highest BCUT2D eigenvalue weighted by molar-refractivity contribution is 7.71. The Labute approximate surface area is 143 Å². The molecule has 8 heteroatoms. The fourth-order valence-electron chi connectivity index (χ4n) is 2.45. The second-order valence-corrected chi connectivity index (χ2v) is 5.76. The van der Waals surface area contributed by atoms with Crippen LogP contribution in [0.25, 0.3) is 11.0 Å². The minimum atomic E-state index is -0.242. The normalized spacial score (nSPS) is 11.5. The van der Waals surface area contributed by atoms with Gasteiger partial charge in [0.15, 0.2) is 0 Å². The summed E-state index contributed by atoms with van der Waals surface area (Å²) in [4.78, 5) is 21.9. The average Bonchev–Trinajstić information content (AvgIpc) is 2.92. The van der Waals surface area contributed by atoms with Gasteiger partial charge in [-0.25, -0.2) is 9.67 Å². The third kappa shape index (κ3) is 3.44. The third-order valence-corrected chi connectivity index (χ3v) is 4.16. The molecule has 1 N–H and O–H groups in total. The molecule has 0 aliphatic carbocycles. The number of fused-ring (bicyclic) bond motifs is 1. The molecule has 0 bridgehead atoms. The van der Waals surface area contributed by atoms with Gasteiger partial charge in [-0.05, 0) is 37.4 Å². The quantitative estimate of drug-likeness (QED) is 0.691. The molecule has 0 amide bonds. The molecule has 0 aliphatic heterocycles. The Hall–Kier alpha value is -2.32. The summed E-state index contributed by atoms with van der Waals surface area (Å²) in [5, 5.41) is 4.37. The fraction of sp³-hybridized carbons (Fsp3) is 0.375. The second-order valence-electron chi connectivity index (χ2n) is 5.41. The van der Waals surface area contributed by atoms with Crippen molar-refractivity contribution in [3.8, 4) is 0 Å². The smallest absolute Gasteiger partial charge is 0.288 e. The van der Waals surface area contributed by atoms with Crippen molar-refractivity contribution >= 4 is 23.3 Å². The molecule has 0 unspecified atom stereocenters. The van der Waals surface area contributed by atoms with Crippen LogP contribution in [0, 0.1) is 4.84 Å². The van der Waals surface area contributed by atoms with E-state index in [1.54, 1.807) is 4.68 Å². The van der Waals surface area contributed by atoms with Crippen molar-refractivity contribution < 1.29 is 4.42 Å². The molecule has 7 nitrogen and oxygen atoms in total. The van der Waals surface area contributed by atoms with E-state index < -0.39 is 0 Å². The highest BCUT2D eigenvalue weighted by Crippen LogP contribution is 2.09. The first-order valence-electron chi connectivity index (χ1n) is 7.87. The maximum atomic E-state index is 12.2. The van der Waals surface area contributed by atoms with Crippen LogP contribution in [-0.4, -0.2) is 37.7 Å². The molecule has 126 valence electrons. The molecule has 2 aromatic heterocycles. The van der Waals surface area contributed by atoms with Gasteiger partial charge in [0, 0.05) is 0 Å². The van der Waals surface area contributed by atoms with Crippen molar-refractivity contribution in [3.05, 3.63) is 51.0 Å². The Morgan fingerprint density at radius 2 is 2.04 bits per heavy atom. The van der Waals surface area contributed by atoms with E-state index in [1.165, 1.54) is 0 Å². The van der Waals surface area contributed by atoms with Gasteiger partial charge in [0.1, 0.15) is 5.69 Å². The minimum absolute atomic E-state index is 0.203. The molecule has 1 aromatic carbocycles. The summed E-state index contributed by atoms with van der Waals surface area (Å²) >= 11 is 5.21. The largest absolute Gasteiger partial charge is 0.414 e. The summed E-state index contributed by atoms with van der Waals surface area (Å²) in [6.07, 6.45) is 0.203. The third-order valence-electron chi connectivity index (χ3n) is 3.86. The molecule has 0 fully saturated rings. The molecule has 0 aliphatic rings. The standard InChI is InChI=1S/C16H19N5O2S/c1-3-20(4-2)10-21-16(24)23-14(19-21)9-13-15(22)18-12-8-6-5-7-11(12)17-13/h5-8H,3-4,9-10H2,1-2H3,(H,18,22). The van der Waals surface area contributed by atoms with Crippen molar-refractivity contribution in [3.63, 3.8) is 0 Å². The van der Waals surface area contributed by atoms with E-state index in [0.717, 1.165) is 18.6 Å². The maximum Gasteiger partial charge on any atom is 0.288 e. The molecule has 0 radical (unpaired) electrons. The minimum Gasteiger partial charge on any atom is -0.414 e. The van der Waals surface area contributed by atoms with Crippen molar-refractivity contribution in [2.45, 2.75) is 26.9 Å². The van der Waals surface area contributed by atoms with Gasteiger partial charge in [0.2, 0.25) is 5.89 Å². The number of nitrogens with one attached hydrogen (secondary N) is 1. The SMILES string of the molecule is CCN(CC)Cn1nc(Cc2nc3ccccc3[nH]c2=O)oc1=S. The Bertz CT molecular complexity index is 955. The predicted octanol–water partition coefficient (Wildman–Crippen LogP) is 2.33. The number of benzene rings is 1. The van der Waals surface area contributed by atoms with Gasteiger partial charge in [-0.2, -0.15) is 0 Å². The molecule has 0 atom stereocenters. The zero-order valence-corrected chi connectivity index (χ0v) is 14.5. The summed E-state index contributed by atoms with van der Waals surface area (Å²) < 4.78 is 7.15. The van der Waals surface area contributed by atoms with E-state index in [9.17, 15) is 4.79 Å². The number of aromatic nitrogens is 4. The van der Waals surface area contributed by atoms with E-state index >= 15 is 0 Å². The van der Waals surface area contributed by atoms with Crippen LogP contribution in [0.15, 0.2) is 33.5 Å². The van der Waals surface area contributed by atoms with Gasteiger partial charge in [-0.1, -0.05) is 26.0 Å². The number of aromatic amines is 1. The molecule has 0 saturated heterocycles. The lowest BCUT2D eigenvalue weighted by Gasteiger charge is -2.16. The fourth-order valence-corrected chi connectivity index (χ4v) is 2.65. The maximum absolute atomic E-state index is 12.2. The lowest BCUT2D eigenvalue weighted by molar-refractivity contribution is 0.224. The molecule has 3 aromatic rings. The summed E-state index contributed by atoms with van der Waals surface area (Å²) in [6.45, 7) is 6.51. The van der Waals surface area contributed by atoms with Gasteiger partial charge in [0.25, 0.3) is 10.4 Å². The number of hydrogen-bond acceptors (Lipinski definition) is 6. The summed E-state index contributed by atoms with van der Waals surface area (Å²) in [7, 11) is 0. The van der Waals surface area contributed by atoms with Gasteiger partial charge in [-0.15, -0.1) is 5.10 Å². The van der Waals surface area contributed by atoms with Crippen LogP contribution in [0.5, 0.6) is 0 Å². The molecule has 24 heavy (non-hydrogen) atoms. The Morgan fingerprint density at radius 1 is 1.29 bits per heavy atom. The van der Waals surface area contributed by atoms with Gasteiger partial charge < -0.3 is 9.40 Å². The van der Waals surface area contributed by atoms with Crippen LogP contribution >= 0.6 is 12.2 Å². The first kappa shape index (κ1) is 16.5. The molecular formula is C16H19N5O2S. The predicted molar refractivity (Wildman–Crippen MR) is 93.4 cm³/mol. The van der Waals surface area contributed by atoms with E-state index in [4.69, 9.17) is 16.6 Å². The molecule has 3 rings (SSSR count). The Balaban J connectivity index is 1.88. The monoisotopic (exact) mass is 345 g/mol.